The first-order chi connectivity index (χ1) is 22.9. The number of hydrogen-bond donors (Lipinski definition) is 3. The van der Waals surface area contributed by atoms with E-state index in [9.17, 15) is 19.5 Å². The topological polar surface area (TPSA) is 119 Å². The van der Waals surface area contributed by atoms with Crippen molar-refractivity contribution in [3.05, 3.63) is 0 Å². The van der Waals surface area contributed by atoms with Crippen LogP contribution in [0.15, 0.2) is 0 Å². The van der Waals surface area contributed by atoms with Gasteiger partial charge in [0, 0.05) is 12.8 Å². The molecule has 0 aliphatic rings. The molecule has 0 aliphatic heterocycles. The van der Waals surface area contributed by atoms with E-state index < -0.39 is 12.0 Å². The fourth-order valence-corrected chi connectivity index (χ4v) is 6.33. The lowest BCUT2D eigenvalue weighted by Gasteiger charge is -2.18. The van der Waals surface area contributed by atoms with E-state index in [4.69, 9.17) is 10.5 Å². The first-order valence-electron chi connectivity index (χ1n) is 20.4. The maximum absolute atomic E-state index is 12.6. The molecule has 0 bridgehead atoms. The summed E-state index contributed by atoms with van der Waals surface area (Å²) in [6.45, 7) is 4.89. The maximum Gasteiger partial charge on any atom is 0.326 e. The summed E-state index contributed by atoms with van der Waals surface area (Å²) in [6.07, 6.45) is 36.0. The summed E-state index contributed by atoms with van der Waals surface area (Å²) < 4.78 is 5.92. The van der Waals surface area contributed by atoms with Crippen LogP contribution < -0.4 is 11.1 Å². The highest BCUT2D eigenvalue weighted by Crippen LogP contribution is 2.18. The minimum Gasteiger partial charge on any atom is -0.480 e. The number of unbranched alkanes of at least 4 members (excludes halogenated alkanes) is 23. The third-order valence-corrected chi connectivity index (χ3v) is 9.42. The molecule has 47 heavy (non-hydrogen) atoms. The van der Waals surface area contributed by atoms with Crippen LogP contribution in [-0.2, 0) is 19.1 Å². The van der Waals surface area contributed by atoms with Crippen molar-refractivity contribution in [3.63, 3.8) is 0 Å². The molecule has 0 radical (unpaired) electrons. The van der Waals surface area contributed by atoms with Gasteiger partial charge < -0.3 is 20.9 Å². The Labute approximate surface area is 290 Å². The van der Waals surface area contributed by atoms with Gasteiger partial charge in [-0.2, -0.15) is 0 Å². The number of rotatable bonds is 37. The second-order valence-electron chi connectivity index (χ2n) is 14.1. The summed E-state index contributed by atoms with van der Waals surface area (Å²) in [7, 11) is 0. The highest BCUT2D eigenvalue weighted by molar-refractivity contribution is 5.83. The van der Waals surface area contributed by atoms with Crippen LogP contribution in [0.4, 0.5) is 0 Å². The summed E-state index contributed by atoms with van der Waals surface area (Å²) in [5.41, 5.74) is 5.47. The molecule has 0 saturated carbocycles. The SMILES string of the molecule is CCCCCCCCCCCCCCCCCCCCCC(=O)OC(CCCCCC)CCCCCC(=O)NC(CCCN)C(=O)O. The van der Waals surface area contributed by atoms with Crippen molar-refractivity contribution in [1.82, 2.24) is 5.32 Å². The number of amides is 1. The Balaban J connectivity index is 3.91. The van der Waals surface area contributed by atoms with Crippen LogP contribution in [0.25, 0.3) is 0 Å². The quantitative estimate of drug-likeness (QED) is 0.0448. The lowest BCUT2D eigenvalue weighted by molar-refractivity contribution is -0.150. The van der Waals surface area contributed by atoms with Gasteiger partial charge in [0.15, 0.2) is 0 Å². The fourth-order valence-electron chi connectivity index (χ4n) is 6.33. The molecule has 0 aliphatic carbocycles. The summed E-state index contributed by atoms with van der Waals surface area (Å²) >= 11 is 0. The average molecular weight is 667 g/mol. The van der Waals surface area contributed by atoms with Crippen molar-refractivity contribution >= 4 is 17.8 Å². The van der Waals surface area contributed by atoms with Gasteiger partial charge >= 0.3 is 11.9 Å². The van der Waals surface area contributed by atoms with Crippen LogP contribution in [0, 0.1) is 0 Å². The van der Waals surface area contributed by atoms with Crippen LogP contribution in [-0.4, -0.2) is 41.6 Å². The van der Waals surface area contributed by atoms with E-state index in [1.165, 1.54) is 128 Å². The monoisotopic (exact) mass is 667 g/mol. The number of aliphatic carboxylic acids is 1. The molecule has 4 N–H and O–H groups in total. The van der Waals surface area contributed by atoms with Crippen molar-refractivity contribution in [2.24, 2.45) is 5.73 Å². The molecule has 0 heterocycles. The first-order valence-corrected chi connectivity index (χ1v) is 20.4. The van der Waals surface area contributed by atoms with Gasteiger partial charge in [0.2, 0.25) is 5.91 Å². The zero-order chi connectivity index (χ0) is 34.6. The van der Waals surface area contributed by atoms with Gasteiger partial charge in [-0.05, 0) is 57.9 Å². The lowest BCUT2D eigenvalue weighted by Crippen LogP contribution is -2.40. The van der Waals surface area contributed by atoms with Crippen LogP contribution in [0.3, 0.4) is 0 Å². The number of carboxylic acid groups (broad SMARTS) is 1. The second kappa shape index (κ2) is 35.7. The number of ether oxygens (including phenoxy) is 1. The van der Waals surface area contributed by atoms with E-state index in [-0.39, 0.29) is 18.0 Å². The van der Waals surface area contributed by atoms with E-state index in [1.54, 1.807) is 0 Å². The molecule has 0 fully saturated rings. The fraction of sp³-hybridized carbons (Fsp3) is 0.925. The molecule has 7 nitrogen and oxygen atoms in total. The van der Waals surface area contributed by atoms with Gasteiger partial charge in [0.25, 0.3) is 0 Å². The molecule has 0 aromatic rings. The van der Waals surface area contributed by atoms with Crippen LogP contribution in [0.2, 0.25) is 0 Å². The highest BCUT2D eigenvalue weighted by Gasteiger charge is 2.19. The smallest absolute Gasteiger partial charge is 0.326 e. The van der Waals surface area contributed by atoms with Crippen molar-refractivity contribution in [2.45, 2.75) is 231 Å². The van der Waals surface area contributed by atoms with Gasteiger partial charge in [-0.15, -0.1) is 0 Å². The van der Waals surface area contributed by atoms with Crippen molar-refractivity contribution in [2.75, 3.05) is 6.54 Å². The molecule has 0 spiro atoms. The molecule has 0 aromatic carbocycles. The Morgan fingerprint density at radius 3 is 1.34 bits per heavy atom. The minimum absolute atomic E-state index is 0.0406. The standard InChI is InChI=1S/C40H78N2O5/c1-3-5-7-9-10-11-12-13-14-15-16-17-18-19-20-21-22-23-28-34-39(44)47-36(30-25-8-6-4-2)31-26-24-27-33-38(43)42-37(40(45)46)32-29-35-41/h36-37H,3-35,41H2,1-2H3,(H,42,43)(H,45,46). The summed E-state index contributed by atoms with van der Waals surface area (Å²) in [5, 5.41) is 11.9. The number of nitrogens with one attached hydrogen (secondary N) is 1. The van der Waals surface area contributed by atoms with Crippen molar-refractivity contribution in [1.29, 1.82) is 0 Å². The molecule has 1 amide bonds. The molecular weight excluding hydrogens is 588 g/mol. The Bertz CT molecular complexity index is 717. The number of carbonyl (C=O) groups excluding carboxylic acids is 2. The number of hydrogen-bond acceptors (Lipinski definition) is 5. The largest absolute Gasteiger partial charge is 0.480 e. The summed E-state index contributed by atoms with van der Waals surface area (Å²) in [4.78, 5) is 36.1. The van der Waals surface area contributed by atoms with Crippen molar-refractivity contribution < 1.29 is 24.2 Å². The number of esters is 1. The zero-order valence-corrected chi connectivity index (χ0v) is 31.1. The lowest BCUT2D eigenvalue weighted by atomic mass is 10.0. The van der Waals surface area contributed by atoms with Gasteiger partial charge in [0.05, 0.1) is 0 Å². The molecule has 0 rings (SSSR count). The first kappa shape index (κ1) is 45.4. The van der Waals surface area contributed by atoms with E-state index >= 15 is 0 Å². The van der Waals surface area contributed by atoms with Crippen LogP contribution in [0.1, 0.15) is 219 Å². The van der Waals surface area contributed by atoms with Crippen LogP contribution in [0.5, 0.6) is 0 Å². The Morgan fingerprint density at radius 2 is 0.915 bits per heavy atom. The second-order valence-corrected chi connectivity index (χ2v) is 14.1. The molecule has 2 atom stereocenters. The predicted octanol–water partition coefficient (Wildman–Crippen LogP) is 10.9. The van der Waals surface area contributed by atoms with Crippen LogP contribution >= 0.6 is 0 Å². The summed E-state index contributed by atoms with van der Waals surface area (Å²) in [5.74, 6) is -1.30. The zero-order valence-electron chi connectivity index (χ0n) is 31.1. The number of nitrogens with two attached hydrogens (primary N) is 1. The molecule has 0 aromatic heterocycles. The van der Waals surface area contributed by atoms with E-state index in [2.05, 4.69) is 19.2 Å². The average Bonchev–Trinajstić information content (AvgIpc) is 3.05. The summed E-state index contributed by atoms with van der Waals surface area (Å²) in [6, 6.07) is -0.869. The van der Waals surface area contributed by atoms with Crippen molar-refractivity contribution in [3.8, 4) is 0 Å². The minimum atomic E-state index is -1.01. The van der Waals surface area contributed by atoms with Gasteiger partial charge in [-0.3, -0.25) is 9.59 Å². The third kappa shape index (κ3) is 32.7. The van der Waals surface area contributed by atoms with Gasteiger partial charge in [0.1, 0.15) is 12.1 Å². The van der Waals surface area contributed by atoms with E-state index in [0.29, 0.717) is 38.6 Å². The molecular formula is C40H78N2O5. The van der Waals surface area contributed by atoms with Gasteiger partial charge in [-0.1, -0.05) is 155 Å². The Kier molecular flexibility index (Phi) is 34.4. The molecule has 7 heteroatoms. The number of carbonyl (C=O) groups is 3. The normalized spacial score (nSPS) is 12.6. The molecule has 0 saturated heterocycles. The Morgan fingerprint density at radius 1 is 0.532 bits per heavy atom. The van der Waals surface area contributed by atoms with Gasteiger partial charge in [-0.25, -0.2) is 4.79 Å². The van der Waals surface area contributed by atoms with E-state index in [1.807, 2.05) is 0 Å². The predicted molar refractivity (Wildman–Crippen MR) is 198 cm³/mol. The molecule has 2 unspecified atom stereocenters. The maximum atomic E-state index is 12.6. The highest BCUT2D eigenvalue weighted by atomic mass is 16.5. The molecule has 278 valence electrons. The number of carboxylic acids is 1. The third-order valence-electron chi connectivity index (χ3n) is 9.42. The Hall–Kier alpha value is -1.63. The van der Waals surface area contributed by atoms with E-state index in [0.717, 1.165) is 44.9 Å².